The summed E-state index contributed by atoms with van der Waals surface area (Å²) in [6.07, 6.45) is -4.42. The molecular formula is C9H10F3N. The molecular weight excluding hydrogens is 179 g/mol. The summed E-state index contributed by atoms with van der Waals surface area (Å²) in [7, 11) is 0. The van der Waals surface area contributed by atoms with E-state index in [0.717, 1.165) is 6.92 Å². The van der Waals surface area contributed by atoms with E-state index in [1.165, 1.54) is 24.3 Å². The van der Waals surface area contributed by atoms with Crippen LogP contribution in [0.4, 0.5) is 13.2 Å². The van der Waals surface area contributed by atoms with Gasteiger partial charge in [-0.1, -0.05) is 30.3 Å². The lowest BCUT2D eigenvalue weighted by Gasteiger charge is -2.27. The van der Waals surface area contributed by atoms with Crippen molar-refractivity contribution in [3.05, 3.63) is 35.9 Å². The minimum Gasteiger partial charge on any atom is -0.314 e. The molecule has 0 aliphatic carbocycles. The fourth-order valence-corrected chi connectivity index (χ4v) is 0.948. The van der Waals surface area contributed by atoms with Gasteiger partial charge in [0.15, 0.2) is 0 Å². The van der Waals surface area contributed by atoms with Gasteiger partial charge in [-0.15, -0.1) is 0 Å². The Morgan fingerprint density at radius 2 is 1.54 bits per heavy atom. The number of halogens is 3. The quantitative estimate of drug-likeness (QED) is 0.721. The second kappa shape index (κ2) is 3.03. The number of hydrogen-bond donors (Lipinski definition) is 1. The van der Waals surface area contributed by atoms with E-state index in [4.69, 9.17) is 5.73 Å². The highest BCUT2D eigenvalue weighted by Gasteiger charge is 2.49. The first-order chi connectivity index (χ1) is 5.86. The van der Waals surface area contributed by atoms with Crippen molar-refractivity contribution in [2.24, 2.45) is 5.73 Å². The van der Waals surface area contributed by atoms with Crippen molar-refractivity contribution in [2.45, 2.75) is 18.6 Å². The number of benzene rings is 1. The zero-order valence-electron chi connectivity index (χ0n) is 7.10. The van der Waals surface area contributed by atoms with Crippen LogP contribution in [0, 0.1) is 0 Å². The standard InChI is InChI=1S/C9H10F3N/c1-8(13,9(10,11)12)7-5-3-2-4-6-7/h2-6H,13H2,1H3/t8-/m1/s1. The lowest BCUT2D eigenvalue weighted by Crippen LogP contribution is -2.47. The van der Waals surface area contributed by atoms with Crippen LogP contribution in [0.3, 0.4) is 0 Å². The summed E-state index contributed by atoms with van der Waals surface area (Å²) in [4.78, 5) is 0. The van der Waals surface area contributed by atoms with Crippen LogP contribution in [-0.2, 0) is 5.54 Å². The minimum atomic E-state index is -4.42. The predicted molar refractivity (Wildman–Crippen MR) is 44.0 cm³/mol. The van der Waals surface area contributed by atoms with Crippen LogP contribution >= 0.6 is 0 Å². The van der Waals surface area contributed by atoms with E-state index in [2.05, 4.69) is 0 Å². The smallest absolute Gasteiger partial charge is 0.314 e. The molecule has 0 heterocycles. The first-order valence-electron chi connectivity index (χ1n) is 3.77. The fraction of sp³-hybridized carbons (Fsp3) is 0.333. The molecule has 0 saturated heterocycles. The van der Waals surface area contributed by atoms with Gasteiger partial charge < -0.3 is 5.73 Å². The van der Waals surface area contributed by atoms with Gasteiger partial charge in [0.25, 0.3) is 0 Å². The molecule has 0 unspecified atom stereocenters. The average molecular weight is 189 g/mol. The molecule has 1 aromatic rings. The van der Waals surface area contributed by atoms with Gasteiger partial charge in [0, 0.05) is 0 Å². The molecule has 0 amide bonds. The van der Waals surface area contributed by atoms with Gasteiger partial charge in [-0.3, -0.25) is 0 Å². The third-order valence-electron chi connectivity index (χ3n) is 1.96. The molecule has 1 rings (SSSR count). The lowest BCUT2D eigenvalue weighted by atomic mass is 9.93. The highest BCUT2D eigenvalue weighted by molar-refractivity contribution is 5.24. The Morgan fingerprint density at radius 1 is 1.08 bits per heavy atom. The summed E-state index contributed by atoms with van der Waals surface area (Å²) in [5.41, 5.74) is 2.99. The third kappa shape index (κ3) is 1.83. The molecule has 4 heteroatoms. The van der Waals surface area contributed by atoms with Crippen LogP contribution in [0.5, 0.6) is 0 Å². The summed E-state index contributed by atoms with van der Waals surface area (Å²) >= 11 is 0. The second-order valence-electron chi connectivity index (χ2n) is 3.07. The third-order valence-corrected chi connectivity index (χ3v) is 1.96. The van der Waals surface area contributed by atoms with E-state index in [9.17, 15) is 13.2 Å². The Kier molecular flexibility index (Phi) is 2.34. The summed E-state index contributed by atoms with van der Waals surface area (Å²) in [6.45, 7) is 0.961. The molecule has 0 aromatic heterocycles. The second-order valence-corrected chi connectivity index (χ2v) is 3.07. The maximum absolute atomic E-state index is 12.4. The molecule has 13 heavy (non-hydrogen) atoms. The van der Waals surface area contributed by atoms with Gasteiger partial charge in [0.05, 0.1) is 0 Å². The predicted octanol–water partition coefficient (Wildman–Crippen LogP) is 2.42. The van der Waals surface area contributed by atoms with Gasteiger partial charge in [0.1, 0.15) is 5.54 Å². The maximum Gasteiger partial charge on any atom is 0.410 e. The van der Waals surface area contributed by atoms with Gasteiger partial charge in [-0.2, -0.15) is 13.2 Å². The number of hydrogen-bond acceptors (Lipinski definition) is 1. The largest absolute Gasteiger partial charge is 0.410 e. The Bertz CT molecular complexity index is 277. The van der Waals surface area contributed by atoms with E-state index in [1.54, 1.807) is 6.07 Å². The molecule has 0 aliphatic heterocycles. The van der Waals surface area contributed by atoms with Crippen LogP contribution in [0.2, 0.25) is 0 Å². The number of nitrogens with two attached hydrogens (primary N) is 1. The van der Waals surface area contributed by atoms with Crippen molar-refractivity contribution in [3.63, 3.8) is 0 Å². The van der Waals surface area contributed by atoms with Crippen molar-refractivity contribution in [3.8, 4) is 0 Å². The van der Waals surface area contributed by atoms with Gasteiger partial charge in [0.2, 0.25) is 0 Å². The Hall–Kier alpha value is -1.03. The molecule has 1 aromatic carbocycles. The molecule has 0 saturated carbocycles. The number of rotatable bonds is 1. The van der Waals surface area contributed by atoms with E-state index in [0.29, 0.717) is 0 Å². The minimum absolute atomic E-state index is 0.0718. The first kappa shape index (κ1) is 10.1. The van der Waals surface area contributed by atoms with Crippen molar-refractivity contribution in [1.82, 2.24) is 0 Å². The van der Waals surface area contributed by atoms with Crippen LogP contribution < -0.4 is 5.73 Å². The summed E-state index contributed by atoms with van der Waals surface area (Å²) in [5, 5.41) is 0. The van der Waals surface area contributed by atoms with E-state index < -0.39 is 11.7 Å². The van der Waals surface area contributed by atoms with Crippen molar-refractivity contribution in [2.75, 3.05) is 0 Å². The molecule has 2 N–H and O–H groups in total. The first-order valence-corrected chi connectivity index (χ1v) is 3.77. The Labute approximate surface area is 74.4 Å². The molecule has 72 valence electrons. The highest BCUT2D eigenvalue weighted by Crippen LogP contribution is 2.35. The molecule has 0 aliphatic rings. The van der Waals surface area contributed by atoms with Gasteiger partial charge in [-0.05, 0) is 12.5 Å². The van der Waals surface area contributed by atoms with Gasteiger partial charge in [-0.25, -0.2) is 0 Å². The topological polar surface area (TPSA) is 26.0 Å². The summed E-state index contributed by atoms with van der Waals surface area (Å²) in [6, 6.07) is 7.45. The zero-order chi connectivity index (χ0) is 10.1. The molecule has 1 atom stereocenters. The van der Waals surface area contributed by atoms with Crippen LogP contribution in [0.25, 0.3) is 0 Å². The van der Waals surface area contributed by atoms with Crippen LogP contribution in [-0.4, -0.2) is 6.18 Å². The highest BCUT2D eigenvalue weighted by atomic mass is 19.4. The van der Waals surface area contributed by atoms with Crippen LogP contribution in [0.15, 0.2) is 30.3 Å². The van der Waals surface area contributed by atoms with E-state index in [1.807, 2.05) is 0 Å². The maximum atomic E-state index is 12.4. The van der Waals surface area contributed by atoms with E-state index >= 15 is 0 Å². The summed E-state index contributed by atoms with van der Waals surface area (Å²) < 4.78 is 37.2. The Balaban J connectivity index is 3.08. The van der Waals surface area contributed by atoms with Gasteiger partial charge >= 0.3 is 6.18 Å². The molecule has 0 spiro atoms. The summed E-state index contributed by atoms with van der Waals surface area (Å²) in [5.74, 6) is 0. The normalized spacial score (nSPS) is 16.7. The van der Waals surface area contributed by atoms with E-state index in [-0.39, 0.29) is 5.56 Å². The molecule has 0 bridgehead atoms. The fourth-order valence-electron chi connectivity index (χ4n) is 0.948. The molecule has 1 nitrogen and oxygen atoms in total. The van der Waals surface area contributed by atoms with Crippen molar-refractivity contribution < 1.29 is 13.2 Å². The monoisotopic (exact) mass is 189 g/mol. The van der Waals surface area contributed by atoms with Crippen molar-refractivity contribution in [1.29, 1.82) is 0 Å². The number of alkyl halides is 3. The zero-order valence-corrected chi connectivity index (χ0v) is 7.10. The lowest BCUT2D eigenvalue weighted by molar-refractivity contribution is -0.184. The average Bonchev–Trinajstić information content (AvgIpc) is 2.04. The van der Waals surface area contributed by atoms with Crippen molar-refractivity contribution >= 4 is 0 Å². The molecule has 0 radical (unpaired) electrons. The molecule has 0 fully saturated rings. The van der Waals surface area contributed by atoms with Crippen LogP contribution in [0.1, 0.15) is 12.5 Å². The SMILES string of the molecule is C[C@@](N)(c1ccccc1)C(F)(F)F. The Morgan fingerprint density at radius 3 is 1.92 bits per heavy atom.